The molecule has 0 saturated heterocycles. The molecule has 0 amide bonds. The molecule has 0 aliphatic carbocycles. The van der Waals surface area contributed by atoms with E-state index in [9.17, 15) is 4.79 Å². The fourth-order valence-corrected chi connectivity index (χ4v) is 2.19. The van der Waals surface area contributed by atoms with Gasteiger partial charge >= 0.3 is 0 Å². The van der Waals surface area contributed by atoms with Crippen LogP contribution in [0.2, 0.25) is 0 Å². The van der Waals surface area contributed by atoms with Crippen LogP contribution in [-0.2, 0) is 0 Å². The van der Waals surface area contributed by atoms with Gasteiger partial charge in [0.05, 0.1) is 6.61 Å². The number of hydrogen-bond acceptors (Lipinski definition) is 2. The maximum atomic E-state index is 12.0. The summed E-state index contributed by atoms with van der Waals surface area (Å²) >= 11 is 5.63. The molecule has 3 heteroatoms. The van der Waals surface area contributed by atoms with E-state index in [4.69, 9.17) is 16.3 Å². The van der Waals surface area contributed by atoms with Gasteiger partial charge in [-0.25, -0.2) is 0 Å². The van der Waals surface area contributed by atoms with Crippen molar-refractivity contribution >= 4 is 28.2 Å². The van der Waals surface area contributed by atoms with E-state index in [1.165, 1.54) is 0 Å². The second-order valence-electron chi connectivity index (χ2n) is 3.95. The summed E-state index contributed by atoms with van der Waals surface area (Å²) < 4.78 is 5.58. The summed E-state index contributed by atoms with van der Waals surface area (Å²) in [6, 6.07) is 11.5. The number of hydrogen-bond donors (Lipinski definition) is 0. The van der Waals surface area contributed by atoms with Crippen molar-refractivity contribution in [2.24, 2.45) is 0 Å². The number of Topliss-reactive ketones (excluding diaryl/α,β-unsaturated/α-hetero) is 1. The van der Waals surface area contributed by atoms with Gasteiger partial charge in [0.2, 0.25) is 0 Å². The van der Waals surface area contributed by atoms with E-state index in [2.05, 4.69) is 0 Å². The second-order valence-corrected chi connectivity index (χ2v) is 4.33. The summed E-state index contributed by atoms with van der Waals surface area (Å²) in [7, 11) is 0. The minimum atomic E-state index is 0.0734. The average Bonchev–Trinajstić information content (AvgIpc) is 2.39. The SMILES string of the molecule is CCOc1ccc(C(=O)CCCl)c2ccccc12. The Bertz CT molecular complexity index is 563. The highest BCUT2D eigenvalue weighted by atomic mass is 35.5. The number of halogens is 1. The molecule has 0 heterocycles. The van der Waals surface area contributed by atoms with Gasteiger partial charge in [0.1, 0.15) is 5.75 Å². The van der Waals surface area contributed by atoms with Crippen LogP contribution in [0.1, 0.15) is 23.7 Å². The van der Waals surface area contributed by atoms with Crippen LogP contribution in [0.15, 0.2) is 36.4 Å². The monoisotopic (exact) mass is 262 g/mol. The lowest BCUT2D eigenvalue weighted by Crippen LogP contribution is -2.02. The van der Waals surface area contributed by atoms with Crippen LogP contribution >= 0.6 is 11.6 Å². The van der Waals surface area contributed by atoms with E-state index in [1.807, 2.05) is 43.3 Å². The molecule has 0 bridgehead atoms. The van der Waals surface area contributed by atoms with Crippen LogP contribution in [0.25, 0.3) is 10.8 Å². The quantitative estimate of drug-likeness (QED) is 0.600. The first-order valence-electron chi connectivity index (χ1n) is 6.01. The summed E-state index contributed by atoms with van der Waals surface area (Å²) in [5, 5.41) is 1.90. The van der Waals surface area contributed by atoms with E-state index in [0.29, 0.717) is 18.9 Å². The van der Waals surface area contributed by atoms with E-state index in [0.717, 1.165) is 22.1 Å². The van der Waals surface area contributed by atoms with Gasteiger partial charge in [-0.05, 0) is 24.4 Å². The minimum absolute atomic E-state index is 0.0734. The molecule has 0 aliphatic rings. The van der Waals surface area contributed by atoms with Gasteiger partial charge in [0.25, 0.3) is 0 Å². The summed E-state index contributed by atoms with van der Waals surface area (Å²) in [5.74, 6) is 1.24. The Morgan fingerprint density at radius 3 is 2.56 bits per heavy atom. The molecule has 0 atom stereocenters. The van der Waals surface area contributed by atoms with Crippen molar-refractivity contribution in [2.45, 2.75) is 13.3 Å². The lowest BCUT2D eigenvalue weighted by Gasteiger charge is -2.10. The van der Waals surface area contributed by atoms with Crippen LogP contribution in [0, 0.1) is 0 Å². The van der Waals surface area contributed by atoms with Crippen molar-refractivity contribution in [3.8, 4) is 5.75 Å². The molecule has 0 fully saturated rings. The van der Waals surface area contributed by atoms with Crippen molar-refractivity contribution in [1.82, 2.24) is 0 Å². The molecule has 0 saturated carbocycles. The smallest absolute Gasteiger partial charge is 0.164 e. The van der Waals surface area contributed by atoms with Crippen LogP contribution in [0.3, 0.4) is 0 Å². The lowest BCUT2D eigenvalue weighted by molar-refractivity contribution is 0.0991. The molecular weight excluding hydrogens is 248 g/mol. The maximum Gasteiger partial charge on any atom is 0.164 e. The Hall–Kier alpha value is -1.54. The molecular formula is C15H15ClO2. The largest absolute Gasteiger partial charge is 0.493 e. The standard InChI is InChI=1S/C15H15ClO2/c1-2-18-15-8-7-12(14(17)9-10-16)11-5-3-4-6-13(11)15/h3-8H,2,9-10H2,1H3. The van der Waals surface area contributed by atoms with Gasteiger partial charge < -0.3 is 4.74 Å². The normalized spacial score (nSPS) is 10.6. The van der Waals surface area contributed by atoms with Crippen molar-refractivity contribution in [3.05, 3.63) is 42.0 Å². The van der Waals surface area contributed by atoms with Crippen molar-refractivity contribution in [3.63, 3.8) is 0 Å². The Balaban J connectivity index is 2.57. The van der Waals surface area contributed by atoms with Crippen molar-refractivity contribution < 1.29 is 9.53 Å². The van der Waals surface area contributed by atoms with Gasteiger partial charge in [-0.15, -0.1) is 11.6 Å². The Morgan fingerprint density at radius 1 is 1.17 bits per heavy atom. The fourth-order valence-electron chi connectivity index (χ4n) is 2.02. The number of ether oxygens (including phenoxy) is 1. The Morgan fingerprint density at radius 2 is 1.89 bits per heavy atom. The van der Waals surface area contributed by atoms with Crippen LogP contribution < -0.4 is 4.74 Å². The third-order valence-electron chi connectivity index (χ3n) is 2.81. The Kier molecular flexibility index (Phi) is 4.21. The molecule has 0 N–H and O–H groups in total. The number of rotatable bonds is 5. The predicted octanol–water partition coefficient (Wildman–Crippen LogP) is 4.05. The highest BCUT2D eigenvalue weighted by Gasteiger charge is 2.12. The van der Waals surface area contributed by atoms with Crippen molar-refractivity contribution in [1.29, 1.82) is 0 Å². The van der Waals surface area contributed by atoms with Gasteiger partial charge in [-0.1, -0.05) is 24.3 Å². The molecule has 0 spiro atoms. The van der Waals surface area contributed by atoms with Gasteiger partial charge in [0.15, 0.2) is 5.78 Å². The highest BCUT2D eigenvalue weighted by molar-refractivity contribution is 6.20. The molecule has 18 heavy (non-hydrogen) atoms. The van der Waals surface area contributed by atoms with Gasteiger partial charge in [-0.3, -0.25) is 4.79 Å². The highest BCUT2D eigenvalue weighted by Crippen LogP contribution is 2.29. The lowest BCUT2D eigenvalue weighted by atomic mass is 9.99. The van der Waals surface area contributed by atoms with Crippen LogP contribution in [0.4, 0.5) is 0 Å². The molecule has 2 nitrogen and oxygen atoms in total. The molecule has 2 rings (SSSR count). The number of alkyl halides is 1. The zero-order chi connectivity index (χ0) is 13.0. The first kappa shape index (κ1) is 12.9. The van der Waals surface area contributed by atoms with E-state index in [1.54, 1.807) is 0 Å². The van der Waals surface area contributed by atoms with E-state index >= 15 is 0 Å². The number of benzene rings is 2. The van der Waals surface area contributed by atoms with Gasteiger partial charge in [0, 0.05) is 23.3 Å². The zero-order valence-electron chi connectivity index (χ0n) is 10.3. The van der Waals surface area contributed by atoms with E-state index in [-0.39, 0.29) is 5.78 Å². The fraction of sp³-hybridized carbons (Fsp3) is 0.267. The number of ketones is 1. The predicted molar refractivity (Wildman–Crippen MR) is 74.8 cm³/mol. The summed E-state index contributed by atoms with van der Waals surface area (Å²) in [6.07, 6.45) is 0.361. The maximum absolute atomic E-state index is 12.0. The molecule has 0 aromatic heterocycles. The minimum Gasteiger partial charge on any atom is -0.493 e. The van der Waals surface area contributed by atoms with Crippen LogP contribution in [-0.4, -0.2) is 18.3 Å². The number of carbonyl (C=O) groups excluding carboxylic acids is 1. The first-order valence-corrected chi connectivity index (χ1v) is 6.55. The first-order chi connectivity index (χ1) is 8.77. The summed E-state index contributed by atoms with van der Waals surface area (Å²) in [5.41, 5.74) is 0.717. The molecule has 2 aromatic carbocycles. The average molecular weight is 263 g/mol. The third kappa shape index (κ3) is 2.49. The molecule has 0 radical (unpaired) electrons. The second kappa shape index (κ2) is 5.87. The van der Waals surface area contributed by atoms with Crippen molar-refractivity contribution in [2.75, 3.05) is 12.5 Å². The molecule has 0 unspecified atom stereocenters. The van der Waals surface area contributed by atoms with Gasteiger partial charge in [-0.2, -0.15) is 0 Å². The number of carbonyl (C=O) groups is 1. The molecule has 0 aliphatic heterocycles. The number of fused-ring (bicyclic) bond motifs is 1. The molecule has 2 aromatic rings. The van der Waals surface area contributed by atoms with Crippen LogP contribution in [0.5, 0.6) is 5.75 Å². The van der Waals surface area contributed by atoms with E-state index < -0.39 is 0 Å². The zero-order valence-corrected chi connectivity index (χ0v) is 11.0. The Labute approximate surface area is 112 Å². The summed E-state index contributed by atoms with van der Waals surface area (Å²) in [6.45, 7) is 2.56. The third-order valence-corrected chi connectivity index (χ3v) is 2.99. The molecule has 94 valence electrons. The topological polar surface area (TPSA) is 26.3 Å². The summed E-state index contributed by atoms with van der Waals surface area (Å²) in [4.78, 5) is 12.0.